The van der Waals surface area contributed by atoms with Crippen molar-refractivity contribution in [3.05, 3.63) is 35.5 Å². The van der Waals surface area contributed by atoms with Crippen LogP contribution in [0.25, 0.3) is 10.9 Å². The summed E-state index contributed by atoms with van der Waals surface area (Å²) in [6, 6.07) is 7.73. The van der Waals surface area contributed by atoms with E-state index in [2.05, 4.69) is 15.9 Å². The molecule has 0 N–H and O–H groups in total. The SMILES string of the molecule is CCC(=O)Cc1c(CBr)n(C(C)=O)c2ccccc12. The van der Waals surface area contributed by atoms with Crippen LogP contribution in [0.5, 0.6) is 0 Å². The Hall–Kier alpha value is -1.42. The van der Waals surface area contributed by atoms with E-state index in [0.717, 1.165) is 22.2 Å². The van der Waals surface area contributed by atoms with E-state index in [1.165, 1.54) is 0 Å². The first kappa shape index (κ1) is 14.0. The number of benzene rings is 1. The molecule has 0 aliphatic heterocycles. The highest BCUT2D eigenvalue weighted by molar-refractivity contribution is 9.08. The fraction of sp³-hybridized carbons (Fsp3) is 0.333. The largest absolute Gasteiger partial charge is 0.299 e. The average Bonchev–Trinajstić information content (AvgIpc) is 2.72. The van der Waals surface area contributed by atoms with Crippen molar-refractivity contribution in [2.75, 3.05) is 0 Å². The molecule has 0 bridgehead atoms. The second-order valence-corrected chi connectivity index (χ2v) is 5.06. The molecule has 3 nitrogen and oxygen atoms in total. The standard InChI is InChI=1S/C15H16BrNO2/c1-3-11(19)8-13-12-6-4-5-7-14(12)17(10(2)18)15(13)9-16/h4-7H,3,8-9H2,1-2H3. The number of nitrogens with zero attached hydrogens (tertiary/aromatic N) is 1. The summed E-state index contributed by atoms with van der Waals surface area (Å²) in [7, 11) is 0. The first-order chi connectivity index (χ1) is 9.10. The fourth-order valence-electron chi connectivity index (χ4n) is 2.38. The molecular formula is C15H16BrNO2. The Morgan fingerprint density at radius 2 is 1.95 bits per heavy atom. The third-order valence-corrected chi connectivity index (χ3v) is 3.83. The van der Waals surface area contributed by atoms with Gasteiger partial charge in [0.1, 0.15) is 5.78 Å². The first-order valence-electron chi connectivity index (χ1n) is 6.30. The Morgan fingerprint density at radius 1 is 1.26 bits per heavy atom. The predicted octanol–water partition coefficient (Wildman–Crippen LogP) is 3.72. The van der Waals surface area contributed by atoms with E-state index in [-0.39, 0.29) is 11.7 Å². The van der Waals surface area contributed by atoms with Crippen molar-refractivity contribution in [2.24, 2.45) is 0 Å². The van der Waals surface area contributed by atoms with E-state index < -0.39 is 0 Å². The Balaban J connectivity index is 2.73. The van der Waals surface area contributed by atoms with Crippen LogP contribution in [0.4, 0.5) is 0 Å². The molecule has 100 valence electrons. The molecule has 0 amide bonds. The molecule has 19 heavy (non-hydrogen) atoms. The summed E-state index contributed by atoms with van der Waals surface area (Å²) in [6.07, 6.45) is 0.902. The minimum atomic E-state index is -0.0270. The lowest BCUT2D eigenvalue weighted by atomic mass is 10.0. The van der Waals surface area contributed by atoms with Crippen LogP contribution in [0.2, 0.25) is 0 Å². The number of Topliss-reactive ketones (excluding diaryl/α,β-unsaturated/α-hetero) is 1. The number of hydrogen-bond donors (Lipinski definition) is 0. The third-order valence-electron chi connectivity index (χ3n) is 3.30. The van der Waals surface area contributed by atoms with Gasteiger partial charge in [0.05, 0.1) is 5.52 Å². The van der Waals surface area contributed by atoms with E-state index in [9.17, 15) is 9.59 Å². The maximum Gasteiger partial charge on any atom is 0.228 e. The molecule has 0 spiro atoms. The van der Waals surface area contributed by atoms with Crippen molar-refractivity contribution in [1.29, 1.82) is 0 Å². The smallest absolute Gasteiger partial charge is 0.228 e. The maximum absolute atomic E-state index is 11.9. The molecular weight excluding hydrogens is 306 g/mol. The van der Waals surface area contributed by atoms with E-state index in [0.29, 0.717) is 18.2 Å². The molecule has 0 aliphatic rings. The second-order valence-electron chi connectivity index (χ2n) is 4.50. The number of carbonyl (C=O) groups excluding carboxylic acids is 2. The zero-order chi connectivity index (χ0) is 14.0. The van der Waals surface area contributed by atoms with Crippen LogP contribution < -0.4 is 0 Å². The molecule has 4 heteroatoms. The average molecular weight is 322 g/mol. The molecule has 0 fully saturated rings. The summed E-state index contributed by atoms with van der Waals surface area (Å²) in [5.41, 5.74) is 2.73. The summed E-state index contributed by atoms with van der Waals surface area (Å²) in [5, 5.41) is 1.56. The van der Waals surface area contributed by atoms with E-state index in [1.807, 2.05) is 31.2 Å². The quantitative estimate of drug-likeness (QED) is 0.805. The summed E-state index contributed by atoms with van der Waals surface area (Å²) >= 11 is 3.43. The zero-order valence-corrected chi connectivity index (χ0v) is 12.7. The number of carbonyl (C=O) groups is 2. The van der Waals surface area contributed by atoms with E-state index in [4.69, 9.17) is 0 Å². The van der Waals surface area contributed by atoms with Crippen molar-refractivity contribution >= 4 is 38.5 Å². The Kier molecular flexibility index (Phi) is 4.20. The van der Waals surface area contributed by atoms with Gasteiger partial charge >= 0.3 is 0 Å². The molecule has 0 unspecified atom stereocenters. The van der Waals surface area contributed by atoms with Gasteiger partial charge in [-0.25, -0.2) is 0 Å². The van der Waals surface area contributed by atoms with Crippen LogP contribution in [0.3, 0.4) is 0 Å². The number of aromatic nitrogens is 1. The number of halogens is 1. The van der Waals surface area contributed by atoms with Gasteiger partial charge in [-0.2, -0.15) is 0 Å². The highest BCUT2D eigenvalue weighted by Crippen LogP contribution is 2.28. The normalized spacial score (nSPS) is 10.9. The molecule has 1 heterocycles. The van der Waals surface area contributed by atoms with Crippen LogP contribution in [-0.4, -0.2) is 16.3 Å². The number of rotatable bonds is 4. The van der Waals surface area contributed by atoms with Crippen molar-refractivity contribution in [3.63, 3.8) is 0 Å². The number of ketones is 1. The van der Waals surface area contributed by atoms with Crippen LogP contribution in [0.1, 0.15) is 36.3 Å². The molecule has 2 aromatic rings. The summed E-state index contributed by atoms with van der Waals surface area (Å²) < 4.78 is 1.70. The minimum Gasteiger partial charge on any atom is -0.299 e. The van der Waals surface area contributed by atoms with Gasteiger partial charge in [-0.3, -0.25) is 14.2 Å². The van der Waals surface area contributed by atoms with Crippen LogP contribution >= 0.6 is 15.9 Å². The van der Waals surface area contributed by atoms with Crippen molar-refractivity contribution in [2.45, 2.75) is 32.0 Å². The lowest BCUT2D eigenvalue weighted by molar-refractivity contribution is -0.118. The van der Waals surface area contributed by atoms with Crippen molar-refractivity contribution < 1.29 is 9.59 Å². The van der Waals surface area contributed by atoms with Crippen LogP contribution in [-0.2, 0) is 16.5 Å². The molecule has 0 radical (unpaired) electrons. The van der Waals surface area contributed by atoms with Crippen LogP contribution in [0.15, 0.2) is 24.3 Å². The number of fused-ring (bicyclic) bond motifs is 1. The predicted molar refractivity (Wildman–Crippen MR) is 79.9 cm³/mol. The summed E-state index contributed by atoms with van der Waals surface area (Å²) in [5.74, 6) is 0.162. The summed E-state index contributed by atoms with van der Waals surface area (Å²) in [6.45, 7) is 3.41. The topological polar surface area (TPSA) is 39.1 Å². The fourth-order valence-corrected chi connectivity index (χ4v) is 2.97. The van der Waals surface area contributed by atoms with Crippen molar-refractivity contribution in [3.8, 4) is 0 Å². The van der Waals surface area contributed by atoms with Gasteiger partial charge in [-0.05, 0) is 11.6 Å². The Labute approximate surface area is 120 Å². The van der Waals surface area contributed by atoms with E-state index >= 15 is 0 Å². The number of alkyl halides is 1. The molecule has 1 aromatic carbocycles. The second kappa shape index (κ2) is 5.70. The summed E-state index contributed by atoms with van der Waals surface area (Å²) in [4.78, 5) is 23.6. The number of hydrogen-bond acceptors (Lipinski definition) is 2. The Bertz CT molecular complexity index is 643. The van der Waals surface area contributed by atoms with E-state index in [1.54, 1.807) is 11.5 Å². The van der Waals surface area contributed by atoms with Gasteiger partial charge in [0.2, 0.25) is 5.91 Å². The van der Waals surface area contributed by atoms with Gasteiger partial charge in [-0.15, -0.1) is 0 Å². The molecule has 0 atom stereocenters. The first-order valence-corrected chi connectivity index (χ1v) is 7.42. The lowest BCUT2D eigenvalue weighted by Gasteiger charge is -2.05. The lowest BCUT2D eigenvalue weighted by Crippen LogP contribution is -2.10. The Morgan fingerprint density at radius 3 is 2.53 bits per heavy atom. The molecule has 0 saturated carbocycles. The molecule has 2 rings (SSSR count). The zero-order valence-electron chi connectivity index (χ0n) is 11.1. The van der Waals surface area contributed by atoms with Gasteiger partial charge in [-0.1, -0.05) is 41.1 Å². The monoisotopic (exact) mass is 321 g/mol. The molecule has 1 aromatic heterocycles. The van der Waals surface area contributed by atoms with Gasteiger partial charge < -0.3 is 0 Å². The highest BCUT2D eigenvalue weighted by Gasteiger charge is 2.19. The third kappa shape index (κ3) is 2.50. The van der Waals surface area contributed by atoms with Crippen LogP contribution in [0, 0.1) is 0 Å². The highest BCUT2D eigenvalue weighted by atomic mass is 79.9. The minimum absolute atomic E-state index is 0.0270. The van der Waals surface area contributed by atoms with Crippen molar-refractivity contribution in [1.82, 2.24) is 4.57 Å². The van der Waals surface area contributed by atoms with Gasteiger partial charge in [0.25, 0.3) is 0 Å². The van der Waals surface area contributed by atoms with Gasteiger partial charge in [0, 0.05) is 36.2 Å². The molecule has 0 aliphatic carbocycles. The van der Waals surface area contributed by atoms with Gasteiger partial charge in [0.15, 0.2) is 0 Å². The molecule has 0 saturated heterocycles. The number of para-hydroxylation sites is 1. The maximum atomic E-state index is 11.9.